The number of aliphatic carboxylic acids is 1. The molecule has 2 fully saturated rings. The molecule has 0 aromatic heterocycles. The van der Waals surface area contributed by atoms with Crippen molar-refractivity contribution < 1.29 is 14.7 Å². The summed E-state index contributed by atoms with van der Waals surface area (Å²) in [6.07, 6.45) is 4.23. The third-order valence-corrected chi connectivity index (χ3v) is 4.24. The van der Waals surface area contributed by atoms with Crippen molar-refractivity contribution in [2.45, 2.75) is 43.4 Å². The number of carbonyl (C=O) groups excluding carboxylic acids is 1. The number of carboxylic acids is 1. The molecular weight excluding hydrogens is 226 g/mol. The lowest BCUT2D eigenvalue weighted by Gasteiger charge is -2.26. The third kappa shape index (κ3) is 2.05. The Morgan fingerprint density at radius 3 is 2.50 bits per heavy atom. The van der Waals surface area contributed by atoms with Crippen LogP contribution in [0.15, 0.2) is 0 Å². The van der Waals surface area contributed by atoms with Crippen LogP contribution < -0.4 is 0 Å². The van der Waals surface area contributed by atoms with Gasteiger partial charge in [-0.25, -0.2) is 4.79 Å². The van der Waals surface area contributed by atoms with Crippen LogP contribution in [-0.4, -0.2) is 39.7 Å². The van der Waals surface area contributed by atoms with E-state index in [0.717, 1.165) is 25.7 Å². The van der Waals surface area contributed by atoms with E-state index < -0.39 is 12.0 Å². The normalized spacial score (nSPS) is 34.3. The van der Waals surface area contributed by atoms with Crippen LogP contribution in [0.5, 0.6) is 0 Å². The molecular formula is C11H17NO3S. The first kappa shape index (κ1) is 11.8. The molecule has 0 unspecified atom stereocenters. The van der Waals surface area contributed by atoms with E-state index in [1.165, 1.54) is 0 Å². The van der Waals surface area contributed by atoms with E-state index in [1.807, 2.05) is 0 Å². The SMILES string of the molecule is O=C(O)[C@@H]1CCCN1C(=O)[C@@H]1CCC[C@@H]1S. The van der Waals surface area contributed by atoms with Gasteiger partial charge in [-0.3, -0.25) is 4.79 Å². The van der Waals surface area contributed by atoms with Crippen molar-refractivity contribution in [1.82, 2.24) is 4.90 Å². The minimum absolute atomic E-state index is 0.00222. The van der Waals surface area contributed by atoms with Gasteiger partial charge in [0.25, 0.3) is 0 Å². The van der Waals surface area contributed by atoms with E-state index in [2.05, 4.69) is 12.6 Å². The highest BCUT2D eigenvalue weighted by molar-refractivity contribution is 7.81. The summed E-state index contributed by atoms with van der Waals surface area (Å²) in [5.74, 6) is -0.940. The Bertz CT molecular complexity index is 308. The summed E-state index contributed by atoms with van der Waals surface area (Å²) in [5, 5.41) is 9.14. The lowest BCUT2D eigenvalue weighted by molar-refractivity contribution is -0.149. The Balaban J connectivity index is 2.06. The standard InChI is InChI=1S/C11H17NO3S/c13-10(7-3-1-5-9(7)16)12-6-2-4-8(12)11(14)15/h7-9,16H,1-6H2,(H,14,15)/t7-,8+,9+/m1/s1. The summed E-state index contributed by atoms with van der Waals surface area (Å²) in [6.45, 7) is 0.590. The van der Waals surface area contributed by atoms with Gasteiger partial charge in [0, 0.05) is 17.7 Å². The van der Waals surface area contributed by atoms with Crippen molar-refractivity contribution in [1.29, 1.82) is 0 Å². The number of rotatable bonds is 2. The van der Waals surface area contributed by atoms with Gasteiger partial charge >= 0.3 is 5.97 Å². The van der Waals surface area contributed by atoms with Crippen molar-refractivity contribution in [2.75, 3.05) is 6.54 Å². The Kier molecular flexibility index (Phi) is 3.42. The fraction of sp³-hybridized carbons (Fsp3) is 0.818. The van der Waals surface area contributed by atoms with E-state index in [4.69, 9.17) is 5.11 Å². The molecule has 2 rings (SSSR count). The zero-order chi connectivity index (χ0) is 11.7. The summed E-state index contributed by atoms with van der Waals surface area (Å²) >= 11 is 4.41. The smallest absolute Gasteiger partial charge is 0.326 e. The van der Waals surface area contributed by atoms with Gasteiger partial charge in [-0.15, -0.1) is 0 Å². The highest BCUT2D eigenvalue weighted by atomic mass is 32.1. The maximum Gasteiger partial charge on any atom is 0.326 e. The summed E-state index contributed by atoms with van der Waals surface area (Å²) in [7, 11) is 0. The van der Waals surface area contributed by atoms with Gasteiger partial charge in [-0.1, -0.05) is 6.42 Å². The molecule has 5 heteroatoms. The first-order valence-corrected chi connectivity index (χ1v) is 6.34. The quantitative estimate of drug-likeness (QED) is 0.716. The number of nitrogens with zero attached hydrogens (tertiary/aromatic N) is 1. The molecule has 0 aromatic rings. The number of carbonyl (C=O) groups is 2. The van der Waals surface area contributed by atoms with Crippen molar-refractivity contribution in [3.63, 3.8) is 0 Å². The van der Waals surface area contributed by atoms with Crippen molar-refractivity contribution in [3.05, 3.63) is 0 Å². The molecule has 1 aliphatic heterocycles. The second-order valence-corrected chi connectivity index (χ2v) is 5.30. The Labute approximate surface area is 100 Å². The number of likely N-dealkylation sites (tertiary alicyclic amines) is 1. The van der Waals surface area contributed by atoms with E-state index in [1.54, 1.807) is 4.90 Å². The van der Waals surface area contributed by atoms with E-state index in [9.17, 15) is 9.59 Å². The molecule has 1 heterocycles. The van der Waals surface area contributed by atoms with E-state index in [-0.39, 0.29) is 17.1 Å². The molecule has 4 nitrogen and oxygen atoms in total. The minimum Gasteiger partial charge on any atom is -0.480 e. The van der Waals surface area contributed by atoms with Crippen molar-refractivity contribution >= 4 is 24.5 Å². The van der Waals surface area contributed by atoms with Gasteiger partial charge < -0.3 is 10.0 Å². The Hall–Kier alpha value is -0.710. The van der Waals surface area contributed by atoms with Gasteiger partial charge in [0.2, 0.25) is 5.91 Å². The summed E-state index contributed by atoms with van der Waals surface area (Å²) in [6, 6.07) is -0.603. The lowest BCUT2D eigenvalue weighted by atomic mass is 10.1. The second-order valence-electron chi connectivity index (χ2n) is 4.63. The maximum absolute atomic E-state index is 12.2. The summed E-state index contributed by atoms with van der Waals surface area (Å²) in [4.78, 5) is 24.7. The van der Waals surface area contributed by atoms with Crippen LogP contribution in [-0.2, 0) is 9.59 Å². The van der Waals surface area contributed by atoms with Gasteiger partial charge in [0.05, 0.1) is 0 Å². The molecule has 1 saturated carbocycles. The van der Waals surface area contributed by atoms with Gasteiger partial charge in [0.15, 0.2) is 0 Å². The van der Waals surface area contributed by atoms with Crippen molar-refractivity contribution in [3.8, 4) is 0 Å². The molecule has 0 radical (unpaired) electrons. The van der Waals surface area contributed by atoms with Crippen LogP contribution in [0.4, 0.5) is 0 Å². The number of hydrogen-bond acceptors (Lipinski definition) is 3. The molecule has 3 atom stereocenters. The van der Waals surface area contributed by atoms with Crippen LogP contribution in [0.25, 0.3) is 0 Å². The van der Waals surface area contributed by atoms with Crippen LogP contribution in [0.2, 0.25) is 0 Å². The lowest BCUT2D eigenvalue weighted by Crippen LogP contribution is -2.44. The highest BCUT2D eigenvalue weighted by Crippen LogP contribution is 2.33. The second kappa shape index (κ2) is 4.65. The average Bonchev–Trinajstić information content (AvgIpc) is 2.84. The number of thiol groups is 1. The van der Waals surface area contributed by atoms with Crippen LogP contribution in [0.3, 0.4) is 0 Å². The monoisotopic (exact) mass is 243 g/mol. The topological polar surface area (TPSA) is 57.6 Å². The molecule has 1 amide bonds. The largest absolute Gasteiger partial charge is 0.480 e. The van der Waals surface area contributed by atoms with Gasteiger partial charge in [0.1, 0.15) is 6.04 Å². The molecule has 1 N–H and O–H groups in total. The van der Waals surface area contributed by atoms with Gasteiger partial charge in [-0.05, 0) is 25.7 Å². The predicted octanol–water partition coefficient (Wildman–Crippen LogP) is 1.16. The molecule has 0 aromatic carbocycles. The average molecular weight is 243 g/mol. The molecule has 90 valence electrons. The maximum atomic E-state index is 12.2. The van der Waals surface area contributed by atoms with Gasteiger partial charge in [-0.2, -0.15) is 12.6 Å². The Morgan fingerprint density at radius 1 is 1.19 bits per heavy atom. The van der Waals surface area contributed by atoms with Crippen LogP contribution in [0, 0.1) is 5.92 Å². The number of amides is 1. The fourth-order valence-electron chi connectivity index (χ4n) is 2.73. The Morgan fingerprint density at radius 2 is 1.94 bits per heavy atom. The third-order valence-electron chi connectivity index (χ3n) is 3.62. The minimum atomic E-state index is -0.875. The molecule has 0 bridgehead atoms. The summed E-state index contributed by atoms with van der Waals surface area (Å²) < 4.78 is 0. The van der Waals surface area contributed by atoms with E-state index >= 15 is 0 Å². The zero-order valence-corrected chi connectivity index (χ0v) is 10.0. The van der Waals surface area contributed by atoms with Crippen LogP contribution >= 0.6 is 12.6 Å². The first-order valence-electron chi connectivity index (χ1n) is 5.82. The summed E-state index contributed by atoms with van der Waals surface area (Å²) in [5.41, 5.74) is 0. The van der Waals surface area contributed by atoms with Crippen molar-refractivity contribution in [2.24, 2.45) is 5.92 Å². The predicted molar refractivity (Wildman–Crippen MR) is 62.5 cm³/mol. The molecule has 1 aliphatic carbocycles. The molecule has 1 saturated heterocycles. The highest BCUT2D eigenvalue weighted by Gasteiger charge is 2.40. The molecule has 2 aliphatic rings. The molecule has 0 spiro atoms. The zero-order valence-electron chi connectivity index (χ0n) is 9.13. The first-order chi connectivity index (χ1) is 7.61. The van der Waals surface area contributed by atoms with Crippen LogP contribution in [0.1, 0.15) is 32.1 Å². The number of carboxylic acid groups (broad SMARTS) is 1. The number of hydrogen-bond donors (Lipinski definition) is 2. The molecule has 16 heavy (non-hydrogen) atoms. The van der Waals surface area contributed by atoms with E-state index in [0.29, 0.717) is 13.0 Å². The fourth-order valence-corrected chi connectivity index (χ4v) is 3.19.